The molecule has 14 heavy (non-hydrogen) atoms. The van der Waals surface area contributed by atoms with Crippen molar-refractivity contribution in [1.29, 1.82) is 0 Å². The van der Waals surface area contributed by atoms with Gasteiger partial charge in [0, 0.05) is 32.6 Å². The van der Waals surface area contributed by atoms with Crippen LogP contribution in [0.5, 0.6) is 0 Å². The summed E-state index contributed by atoms with van der Waals surface area (Å²) >= 11 is 0. The molecule has 1 amide bonds. The summed E-state index contributed by atoms with van der Waals surface area (Å²) in [5.74, 6) is 0.128. The van der Waals surface area contributed by atoms with Crippen molar-refractivity contribution in [3.05, 3.63) is 0 Å². The Morgan fingerprint density at radius 2 is 2.29 bits per heavy atom. The first-order valence-corrected chi connectivity index (χ1v) is 5.00. The Hall–Kier alpha value is -0.650. The van der Waals surface area contributed by atoms with Gasteiger partial charge < -0.3 is 15.2 Å². The first kappa shape index (κ1) is 11.4. The molecule has 0 aromatic heterocycles. The maximum Gasteiger partial charge on any atom is 0.221 e. The second kappa shape index (κ2) is 6.75. The predicted octanol–water partition coefficient (Wildman–Crippen LogP) is -1.18. The zero-order valence-electron chi connectivity index (χ0n) is 8.37. The molecule has 0 unspecified atom stereocenters. The number of hydrogen-bond acceptors (Lipinski definition) is 4. The second-order valence-corrected chi connectivity index (χ2v) is 3.28. The minimum absolute atomic E-state index is 0.0695. The molecule has 0 saturated carbocycles. The van der Waals surface area contributed by atoms with E-state index in [2.05, 4.69) is 10.2 Å². The van der Waals surface area contributed by atoms with E-state index in [1.165, 1.54) is 0 Å². The maximum atomic E-state index is 11.0. The summed E-state index contributed by atoms with van der Waals surface area (Å²) in [4.78, 5) is 13.2. The highest BCUT2D eigenvalue weighted by molar-refractivity contribution is 5.76. The van der Waals surface area contributed by atoms with Crippen molar-refractivity contribution in [2.75, 3.05) is 46.0 Å². The van der Waals surface area contributed by atoms with E-state index in [4.69, 9.17) is 9.84 Å². The molecule has 0 aromatic rings. The Morgan fingerprint density at radius 1 is 1.43 bits per heavy atom. The third kappa shape index (κ3) is 4.55. The lowest BCUT2D eigenvalue weighted by molar-refractivity contribution is -0.120. The van der Waals surface area contributed by atoms with Crippen molar-refractivity contribution < 1.29 is 14.6 Å². The van der Waals surface area contributed by atoms with Crippen molar-refractivity contribution in [3.63, 3.8) is 0 Å². The van der Waals surface area contributed by atoms with E-state index >= 15 is 0 Å². The van der Waals surface area contributed by atoms with Gasteiger partial charge in [0.1, 0.15) is 0 Å². The minimum atomic E-state index is 0.0695. The molecule has 0 atom stereocenters. The summed E-state index contributed by atoms with van der Waals surface area (Å²) in [5, 5.41) is 11.3. The van der Waals surface area contributed by atoms with Gasteiger partial charge in [0.05, 0.1) is 19.8 Å². The summed E-state index contributed by atoms with van der Waals surface area (Å²) in [7, 11) is 0. The second-order valence-electron chi connectivity index (χ2n) is 3.28. The van der Waals surface area contributed by atoms with Gasteiger partial charge in [0.25, 0.3) is 0 Å². The van der Waals surface area contributed by atoms with Crippen molar-refractivity contribution in [3.8, 4) is 0 Å². The van der Waals surface area contributed by atoms with Crippen molar-refractivity contribution in [2.24, 2.45) is 0 Å². The molecule has 2 N–H and O–H groups in total. The van der Waals surface area contributed by atoms with Gasteiger partial charge in [-0.15, -0.1) is 0 Å². The van der Waals surface area contributed by atoms with E-state index in [0.29, 0.717) is 19.6 Å². The lowest BCUT2D eigenvalue weighted by Gasteiger charge is -2.18. The monoisotopic (exact) mass is 202 g/mol. The van der Waals surface area contributed by atoms with Crippen molar-refractivity contribution in [2.45, 2.75) is 6.42 Å². The number of rotatable bonds is 5. The fourth-order valence-electron chi connectivity index (χ4n) is 1.40. The number of nitrogens with one attached hydrogen (secondary N) is 1. The molecule has 0 bridgehead atoms. The summed E-state index contributed by atoms with van der Waals surface area (Å²) < 4.78 is 5.16. The van der Waals surface area contributed by atoms with Gasteiger partial charge in [-0.2, -0.15) is 0 Å². The third-order valence-electron chi connectivity index (χ3n) is 2.19. The zero-order chi connectivity index (χ0) is 10.2. The molecule has 0 aliphatic carbocycles. The van der Waals surface area contributed by atoms with Crippen LogP contribution in [0.25, 0.3) is 0 Å². The summed E-state index contributed by atoms with van der Waals surface area (Å²) in [5.41, 5.74) is 0. The molecular formula is C9H18N2O3. The molecule has 5 heteroatoms. The molecule has 5 nitrogen and oxygen atoms in total. The standard InChI is InChI=1S/C9H18N2O3/c12-6-8-14-7-5-11-3-1-9(13)10-2-4-11/h12H,1-8H2,(H,10,13). The van der Waals surface area contributed by atoms with E-state index in [1.54, 1.807) is 0 Å². The molecule has 1 rings (SSSR count). The predicted molar refractivity (Wildman–Crippen MR) is 52.0 cm³/mol. The fourth-order valence-corrected chi connectivity index (χ4v) is 1.40. The van der Waals surface area contributed by atoms with Gasteiger partial charge in [-0.1, -0.05) is 0 Å². The molecule has 1 fully saturated rings. The van der Waals surface area contributed by atoms with Crippen LogP contribution in [0.15, 0.2) is 0 Å². The number of carbonyl (C=O) groups is 1. The summed E-state index contributed by atoms with van der Waals surface area (Å²) in [6.45, 7) is 4.32. The molecule has 1 heterocycles. The Balaban J connectivity index is 2.08. The number of nitrogens with zero attached hydrogens (tertiary/aromatic N) is 1. The highest BCUT2D eigenvalue weighted by atomic mass is 16.5. The third-order valence-corrected chi connectivity index (χ3v) is 2.19. The molecule has 82 valence electrons. The van der Waals surface area contributed by atoms with E-state index in [0.717, 1.165) is 26.2 Å². The Bertz CT molecular complexity index is 175. The normalized spacial score (nSPS) is 19.1. The van der Waals surface area contributed by atoms with Crippen LogP contribution in [-0.2, 0) is 9.53 Å². The van der Waals surface area contributed by atoms with Crippen LogP contribution in [0, 0.1) is 0 Å². The molecule has 1 saturated heterocycles. The van der Waals surface area contributed by atoms with Gasteiger partial charge in [-0.25, -0.2) is 0 Å². The number of ether oxygens (including phenoxy) is 1. The van der Waals surface area contributed by atoms with Gasteiger partial charge in [-0.3, -0.25) is 9.69 Å². The number of aliphatic hydroxyl groups excluding tert-OH is 1. The fraction of sp³-hybridized carbons (Fsp3) is 0.889. The lowest BCUT2D eigenvalue weighted by Crippen LogP contribution is -2.31. The van der Waals surface area contributed by atoms with Crippen LogP contribution in [0.1, 0.15) is 6.42 Å². The Morgan fingerprint density at radius 3 is 3.07 bits per heavy atom. The zero-order valence-corrected chi connectivity index (χ0v) is 8.37. The lowest BCUT2D eigenvalue weighted by atomic mass is 10.4. The van der Waals surface area contributed by atoms with Gasteiger partial charge >= 0.3 is 0 Å². The van der Waals surface area contributed by atoms with E-state index in [-0.39, 0.29) is 12.5 Å². The minimum Gasteiger partial charge on any atom is -0.394 e. The van der Waals surface area contributed by atoms with Crippen LogP contribution in [-0.4, -0.2) is 61.9 Å². The quantitative estimate of drug-likeness (QED) is 0.551. The van der Waals surface area contributed by atoms with Crippen LogP contribution in [0.2, 0.25) is 0 Å². The van der Waals surface area contributed by atoms with Crippen LogP contribution >= 0.6 is 0 Å². The molecule has 1 aliphatic rings. The highest BCUT2D eigenvalue weighted by Gasteiger charge is 2.12. The average Bonchev–Trinajstić information content (AvgIpc) is 2.38. The van der Waals surface area contributed by atoms with E-state index < -0.39 is 0 Å². The van der Waals surface area contributed by atoms with Gasteiger partial charge in [0.15, 0.2) is 0 Å². The maximum absolute atomic E-state index is 11.0. The van der Waals surface area contributed by atoms with Crippen LogP contribution < -0.4 is 5.32 Å². The van der Waals surface area contributed by atoms with Gasteiger partial charge in [-0.05, 0) is 0 Å². The number of amides is 1. The molecule has 1 aliphatic heterocycles. The number of hydrogen-bond donors (Lipinski definition) is 2. The SMILES string of the molecule is O=C1CCN(CCOCCO)CCN1. The van der Waals surface area contributed by atoms with Crippen molar-refractivity contribution in [1.82, 2.24) is 10.2 Å². The summed E-state index contributed by atoms with van der Waals surface area (Å²) in [6.07, 6.45) is 0.569. The first-order valence-electron chi connectivity index (χ1n) is 5.00. The summed E-state index contributed by atoms with van der Waals surface area (Å²) in [6, 6.07) is 0. The van der Waals surface area contributed by atoms with Crippen LogP contribution in [0.4, 0.5) is 0 Å². The largest absolute Gasteiger partial charge is 0.394 e. The smallest absolute Gasteiger partial charge is 0.221 e. The number of carbonyl (C=O) groups excluding carboxylic acids is 1. The molecule has 0 radical (unpaired) electrons. The van der Waals surface area contributed by atoms with Crippen LogP contribution in [0.3, 0.4) is 0 Å². The van der Waals surface area contributed by atoms with E-state index in [1.807, 2.05) is 0 Å². The average molecular weight is 202 g/mol. The first-order chi connectivity index (χ1) is 6.83. The topological polar surface area (TPSA) is 61.8 Å². The Kier molecular flexibility index (Phi) is 5.51. The van der Waals surface area contributed by atoms with Gasteiger partial charge in [0.2, 0.25) is 5.91 Å². The molecule has 0 spiro atoms. The molecular weight excluding hydrogens is 184 g/mol. The number of aliphatic hydroxyl groups is 1. The van der Waals surface area contributed by atoms with E-state index in [9.17, 15) is 4.79 Å². The molecule has 0 aromatic carbocycles. The highest BCUT2D eigenvalue weighted by Crippen LogP contribution is 1.95. The Labute approximate surface area is 84.0 Å². The van der Waals surface area contributed by atoms with Crippen molar-refractivity contribution >= 4 is 5.91 Å².